The van der Waals surface area contributed by atoms with Crippen LogP contribution in [0.4, 0.5) is 52.7 Å². The van der Waals surface area contributed by atoms with Crippen molar-refractivity contribution in [3.63, 3.8) is 0 Å². The second-order valence-electron chi connectivity index (χ2n) is 31.3. The largest absolute Gasteiger partial charge is 0.417 e. The first-order valence-electron chi connectivity index (χ1n) is 40.0. The van der Waals surface area contributed by atoms with Crippen LogP contribution in [-0.4, -0.2) is 18.3 Å². The Morgan fingerprint density at radius 3 is 0.945 bits per heavy atom. The van der Waals surface area contributed by atoms with Gasteiger partial charge in [-0.05, 0) is 255 Å². The van der Waals surface area contributed by atoms with Crippen LogP contribution in [0.15, 0.2) is 297 Å². The standard InChI is InChI=1S/C106H54F12N10/c107-103(108,109)85-21-10-22-86(104(110,111)112)101(85)73-49-97(125-91-27-6-3-20-77(91)80-44-66(30-35-92(80)125)63-15-7-12-59(38-63)53-119)83(57-123)98(50-73)126-93-36-31-67(64-16-8-13-60(39-64)54-120)45-81(93)82-46-68(32-37-94(82)126)71-41-62(56-122)42-72(43-71)70-29-34-79-76-19-2-5-26-90(76)128(96(79)48-70)100-52-74(102-87(105(113,114)115)23-11-24-88(102)106(116,117)118)51-99(84(100)58-124)127-89-25-4-1-18-75(89)78-33-28-69(47-95(78)127)65-17-9-14-61(40-65)55-121/h1-2,4-19,21-52H,3,20H2. The van der Waals surface area contributed by atoms with Crippen molar-refractivity contribution in [2.75, 3.05) is 0 Å². The van der Waals surface area contributed by atoms with Crippen molar-refractivity contribution in [3.8, 4) is 137 Å². The lowest BCUT2D eigenvalue weighted by Crippen LogP contribution is -2.15. The van der Waals surface area contributed by atoms with Gasteiger partial charge in [0.2, 0.25) is 0 Å². The number of hydrogen-bond acceptors (Lipinski definition) is 6. The van der Waals surface area contributed by atoms with Crippen molar-refractivity contribution in [1.82, 2.24) is 18.3 Å². The maximum Gasteiger partial charge on any atom is 0.417 e. The Morgan fingerprint density at radius 2 is 0.547 bits per heavy atom. The maximum absolute atomic E-state index is 15.8. The van der Waals surface area contributed by atoms with Crippen LogP contribution >= 0.6 is 0 Å². The minimum atomic E-state index is -5.36. The van der Waals surface area contributed by atoms with Crippen molar-refractivity contribution < 1.29 is 52.7 Å². The number of aryl methyl sites for hydroxylation is 1. The van der Waals surface area contributed by atoms with Crippen LogP contribution in [0.3, 0.4) is 0 Å². The van der Waals surface area contributed by atoms with Gasteiger partial charge >= 0.3 is 24.7 Å². The van der Waals surface area contributed by atoms with Crippen LogP contribution in [0.2, 0.25) is 0 Å². The van der Waals surface area contributed by atoms with Crippen molar-refractivity contribution >= 4 is 82.4 Å². The third-order valence-electron chi connectivity index (χ3n) is 24.1. The molecule has 0 fully saturated rings. The summed E-state index contributed by atoms with van der Waals surface area (Å²) in [7, 11) is 0. The molecule has 0 radical (unpaired) electrons. The Kier molecular flexibility index (Phi) is 18.6. The van der Waals surface area contributed by atoms with Gasteiger partial charge in [0.1, 0.15) is 23.3 Å². The number of aromatic nitrogens is 4. The summed E-state index contributed by atoms with van der Waals surface area (Å²) >= 11 is 0. The molecular weight excluding hydrogens is 1640 g/mol. The molecular formula is C106H54F12N10. The maximum atomic E-state index is 15.8. The lowest BCUT2D eigenvalue weighted by atomic mass is 9.91. The first-order chi connectivity index (χ1) is 61.7. The molecule has 0 saturated carbocycles. The van der Waals surface area contributed by atoms with E-state index in [0.29, 0.717) is 204 Å². The molecule has 0 spiro atoms. The van der Waals surface area contributed by atoms with Crippen LogP contribution in [0.25, 0.3) is 183 Å². The van der Waals surface area contributed by atoms with E-state index >= 15 is 52.7 Å². The van der Waals surface area contributed by atoms with Crippen molar-refractivity contribution in [3.05, 3.63) is 364 Å². The lowest BCUT2D eigenvalue weighted by Gasteiger charge is -2.23. The van der Waals surface area contributed by atoms with E-state index in [1.165, 1.54) is 18.2 Å². The smallest absolute Gasteiger partial charge is 0.308 e. The molecule has 0 amide bonds. The Hall–Kier alpha value is -16.9. The molecule has 0 saturated heterocycles. The first kappa shape index (κ1) is 79.5. The molecule has 4 aromatic heterocycles. The average molecular weight is 1700 g/mol. The molecule has 4 heterocycles. The van der Waals surface area contributed by atoms with Gasteiger partial charge in [0.15, 0.2) is 0 Å². The first-order valence-corrected chi connectivity index (χ1v) is 40.0. The van der Waals surface area contributed by atoms with Crippen molar-refractivity contribution in [1.29, 1.82) is 31.6 Å². The van der Waals surface area contributed by atoms with E-state index < -0.39 is 69.2 Å². The van der Waals surface area contributed by atoms with Crippen LogP contribution in [0.1, 0.15) is 73.3 Å². The zero-order chi connectivity index (χ0) is 88.7. The van der Waals surface area contributed by atoms with E-state index in [4.69, 9.17) is 0 Å². The summed E-state index contributed by atoms with van der Waals surface area (Å²) in [6.07, 6.45) is -16.8. The highest BCUT2D eigenvalue weighted by atomic mass is 19.4. The zero-order valence-corrected chi connectivity index (χ0v) is 66.3. The van der Waals surface area contributed by atoms with Gasteiger partial charge in [-0.2, -0.15) is 84.3 Å². The summed E-state index contributed by atoms with van der Waals surface area (Å²) in [5, 5.41) is 69.1. The Balaban J connectivity index is 0.819. The SMILES string of the molecule is N#Cc1cccc(-c2ccc3c(c2)c2c(n3-c3cc(-c4c(C(F)(F)F)cccc4C(F)(F)F)cc(-n4c5ccc(-c6cccc(C#N)c6)cc5c5cc(-c6cc(C#N)cc(-c7ccc8c9ccccc9n(-c9cc(-c%10c(C(F)(F)F)cccc%10C(F)(F)F)cc(-n%10c%11ccccc%11c%11ccc(-c%12cccc(C#N)c%12)cc%11%10)c9C#N)c8c7)c6)ccc54)c3C#N)C=CCC2)c1. The minimum Gasteiger partial charge on any atom is -0.308 e. The molecule has 0 atom stereocenters. The van der Waals surface area contributed by atoms with Crippen molar-refractivity contribution in [2.45, 2.75) is 37.5 Å². The summed E-state index contributed by atoms with van der Waals surface area (Å²) in [4.78, 5) is 0. The Labute approximate surface area is 719 Å². The number of hydrogen-bond donors (Lipinski definition) is 0. The van der Waals surface area contributed by atoms with E-state index in [-0.39, 0.29) is 39.4 Å². The zero-order valence-electron chi connectivity index (χ0n) is 66.3. The molecule has 20 rings (SSSR count). The van der Waals surface area contributed by atoms with E-state index in [1.54, 1.807) is 218 Å². The monoisotopic (exact) mass is 1690 g/mol. The van der Waals surface area contributed by atoms with E-state index in [9.17, 15) is 31.6 Å². The van der Waals surface area contributed by atoms with Gasteiger partial charge in [-0.25, -0.2) is 0 Å². The summed E-state index contributed by atoms with van der Waals surface area (Å²) in [5.41, 5.74) is -0.126. The fraction of sp³-hybridized carbons (Fsp3) is 0.0566. The summed E-state index contributed by atoms with van der Waals surface area (Å²) in [6, 6.07) is 88.0. The number of nitriles is 6. The highest BCUT2D eigenvalue weighted by Crippen LogP contribution is 2.53. The molecule has 0 aliphatic heterocycles. The number of allylic oxidation sites excluding steroid dienone is 1. The molecule has 0 N–H and O–H groups in total. The topological polar surface area (TPSA) is 162 Å². The molecule has 1 aliphatic rings. The third-order valence-corrected chi connectivity index (χ3v) is 24.1. The van der Waals surface area contributed by atoms with Gasteiger partial charge < -0.3 is 18.3 Å². The van der Waals surface area contributed by atoms with Gasteiger partial charge in [-0.1, -0.05) is 133 Å². The number of nitrogens with zero attached hydrogens (tertiary/aromatic N) is 10. The van der Waals surface area contributed by atoms with Gasteiger partial charge in [-0.3, -0.25) is 0 Å². The minimum absolute atomic E-state index is 0.0666. The molecule has 0 bridgehead atoms. The summed E-state index contributed by atoms with van der Waals surface area (Å²) in [5.74, 6) is 0. The Morgan fingerprint density at radius 1 is 0.234 bits per heavy atom. The average Bonchev–Trinajstić information content (AvgIpc) is 1.48. The number of benzene rings is 15. The highest BCUT2D eigenvalue weighted by molar-refractivity contribution is 6.15. The Bertz CT molecular complexity index is 8300. The quantitative estimate of drug-likeness (QED) is 0.117. The fourth-order valence-corrected chi connectivity index (χ4v) is 18.6. The highest BCUT2D eigenvalue weighted by Gasteiger charge is 2.44. The molecule has 19 aromatic rings. The number of fused-ring (bicyclic) bond motifs is 12. The van der Waals surface area contributed by atoms with E-state index in [1.807, 2.05) is 42.5 Å². The third kappa shape index (κ3) is 13.2. The summed E-state index contributed by atoms with van der Waals surface area (Å²) in [6.45, 7) is 0. The number of rotatable bonds is 11. The number of para-hydroxylation sites is 2. The molecule has 15 aromatic carbocycles. The summed E-state index contributed by atoms with van der Waals surface area (Å²) < 4.78 is 196. The van der Waals surface area contributed by atoms with Gasteiger partial charge in [0, 0.05) is 54.5 Å². The lowest BCUT2D eigenvalue weighted by molar-refractivity contribution is -0.143. The van der Waals surface area contributed by atoms with Crippen LogP contribution in [-0.2, 0) is 31.1 Å². The van der Waals surface area contributed by atoms with E-state index in [2.05, 4.69) is 36.4 Å². The van der Waals surface area contributed by atoms with E-state index in [0.717, 1.165) is 11.6 Å². The molecule has 22 heteroatoms. The molecule has 1 aliphatic carbocycles. The molecule has 612 valence electrons. The van der Waals surface area contributed by atoms with Gasteiger partial charge in [0.05, 0.1) is 130 Å². The molecule has 10 nitrogen and oxygen atoms in total. The normalized spacial score (nSPS) is 12.4. The predicted octanol–water partition coefficient (Wildman–Crippen LogP) is 28.9. The molecule has 128 heavy (non-hydrogen) atoms. The van der Waals surface area contributed by atoms with Gasteiger partial charge in [-0.15, -0.1) is 0 Å². The van der Waals surface area contributed by atoms with Gasteiger partial charge in [0.25, 0.3) is 0 Å². The molecule has 0 unspecified atom stereocenters. The van der Waals surface area contributed by atoms with Crippen molar-refractivity contribution in [2.24, 2.45) is 0 Å². The fourth-order valence-electron chi connectivity index (χ4n) is 18.6. The predicted molar refractivity (Wildman–Crippen MR) is 470 cm³/mol. The van der Waals surface area contributed by atoms with Crippen LogP contribution < -0.4 is 0 Å². The van der Waals surface area contributed by atoms with Crippen LogP contribution in [0, 0.1) is 68.0 Å². The van der Waals surface area contributed by atoms with Crippen LogP contribution in [0.5, 0.6) is 0 Å². The number of alkyl halides is 12. The second-order valence-corrected chi connectivity index (χ2v) is 31.3. The second kappa shape index (κ2) is 30.0. The number of halogens is 12.